The molecule has 3 aromatic heterocycles. The molecule has 2 aliphatic rings. The molecular formula is C35H44ClFN6O2. The van der Waals surface area contributed by atoms with Crippen LogP contribution in [0.2, 0.25) is 5.02 Å². The zero-order valence-electron chi connectivity index (χ0n) is 26.3. The van der Waals surface area contributed by atoms with Crippen LogP contribution in [0.3, 0.4) is 0 Å². The maximum absolute atomic E-state index is 15.2. The Hall–Kier alpha value is -3.30. The second kappa shape index (κ2) is 14.9. The van der Waals surface area contributed by atoms with E-state index in [4.69, 9.17) is 26.3 Å². The number of rotatable bonds is 14. The van der Waals surface area contributed by atoms with Gasteiger partial charge in [-0.25, -0.2) is 14.4 Å². The molecule has 1 aromatic carbocycles. The smallest absolute Gasteiger partial charge is 0.261 e. The summed E-state index contributed by atoms with van der Waals surface area (Å²) in [6.45, 7) is 5.45. The second-order valence-corrected chi connectivity index (χ2v) is 12.9. The van der Waals surface area contributed by atoms with E-state index in [1.807, 2.05) is 16.9 Å². The fourth-order valence-electron chi connectivity index (χ4n) is 6.59. The Labute approximate surface area is 269 Å². The van der Waals surface area contributed by atoms with Gasteiger partial charge in [-0.1, -0.05) is 76.3 Å². The first-order chi connectivity index (χ1) is 22.0. The molecule has 0 bridgehead atoms. The predicted octanol–water partition coefficient (Wildman–Crippen LogP) is 7.89. The van der Waals surface area contributed by atoms with Gasteiger partial charge in [0.15, 0.2) is 0 Å². The van der Waals surface area contributed by atoms with Crippen LogP contribution in [0.15, 0.2) is 41.5 Å². The van der Waals surface area contributed by atoms with Gasteiger partial charge in [-0.05, 0) is 37.1 Å². The van der Waals surface area contributed by atoms with Crippen molar-refractivity contribution in [3.63, 3.8) is 0 Å². The highest BCUT2D eigenvalue weighted by atomic mass is 35.5. The van der Waals surface area contributed by atoms with Crippen molar-refractivity contribution in [3.05, 3.63) is 69.2 Å². The van der Waals surface area contributed by atoms with Crippen LogP contribution in [-0.4, -0.2) is 44.0 Å². The Morgan fingerprint density at radius 1 is 1.00 bits per heavy atom. The van der Waals surface area contributed by atoms with E-state index in [9.17, 15) is 4.79 Å². The molecule has 8 nitrogen and oxygen atoms in total. The van der Waals surface area contributed by atoms with Crippen molar-refractivity contribution in [2.75, 3.05) is 24.6 Å². The van der Waals surface area contributed by atoms with E-state index in [1.165, 1.54) is 63.9 Å². The molecule has 10 heteroatoms. The number of aromatic nitrogens is 5. The number of halogens is 2. The minimum atomic E-state index is -0.495. The van der Waals surface area contributed by atoms with Gasteiger partial charge < -0.3 is 9.64 Å². The van der Waals surface area contributed by atoms with Gasteiger partial charge in [-0.2, -0.15) is 5.10 Å². The summed E-state index contributed by atoms with van der Waals surface area (Å²) in [5.41, 5.74) is 1.98. The van der Waals surface area contributed by atoms with Gasteiger partial charge >= 0.3 is 0 Å². The molecule has 1 atom stereocenters. The number of hydrogen-bond donors (Lipinski definition) is 0. The fourth-order valence-corrected chi connectivity index (χ4v) is 6.75. The maximum atomic E-state index is 15.2. The third-order valence-electron chi connectivity index (χ3n) is 9.13. The van der Waals surface area contributed by atoms with Crippen molar-refractivity contribution in [1.82, 2.24) is 24.3 Å². The minimum absolute atomic E-state index is 0.107. The summed E-state index contributed by atoms with van der Waals surface area (Å²) in [6, 6.07) is 6.33. The van der Waals surface area contributed by atoms with E-state index >= 15 is 4.39 Å². The monoisotopic (exact) mass is 634 g/mol. The summed E-state index contributed by atoms with van der Waals surface area (Å²) in [5, 5.41) is 5.37. The Balaban J connectivity index is 1.15. The maximum Gasteiger partial charge on any atom is 0.261 e. The van der Waals surface area contributed by atoms with Gasteiger partial charge in [0.05, 0.1) is 18.2 Å². The summed E-state index contributed by atoms with van der Waals surface area (Å²) in [6.07, 6.45) is 18.5. The van der Waals surface area contributed by atoms with Gasteiger partial charge in [0.25, 0.3) is 5.56 Å². The van der Waals surface area contributed by atoms with Gasteiger partial charge in [-0.3, -0.25) is 14.0 Å². The van der Waals surface area contributed by atoms with E-state index in [0.29, 0.717) is 60.1 Å². The Morgan fingerprint density at radius 2 is 1.78 bits per heavy atom. The Morgan fingerprint density at radius 3 is 2.56 bits per heavy atom. The highest BCUT2D eigenvalue weighted by Gasteiger charge is 2.27. The minimum Gasteiger partial charge on any atom is -0.370 e. The Kier molecular flexibility index (Phi) is 10.5. The molecule has 1 fully saturated rings. The van der Waals surface area contributed by atoms with Crippen LogP contribution in [0.4, 0.5) is 10.2 Å². The van der Waals surface area contributed by atoms with E-state index in [0.717, 1.165) is 30.8 Å². The van der Waals surface area contributed by atoms with Crippen LogP contribution < -0.4 is 10.5 Å². The van der Waals surface area contributed by atoms with E-state index < -0.39 is 5.82 Å². The molecule has 0 amide bonds. The second-order valence-electron chi connectivity index (χ2n) is 12.5. The summed E-state index contributed by atoms with van der Waals surface area (Å²) in [4.78, 5) is 25.5. The number of hydrogen-bond acceptors (Lipinski definition) is 6. The number of nitrogens with zero attached hydrogens (tertiary/aromatic N) is 6. The van der Waals surface area contributed by atoms with Crippen LogP contribution in [0.5, 0.6) is 0 Å². The molecule has 45 heavy (non-hydrogen) atoms. The average molecular weight is 635 g/mol. The van der Waals surface area contributed by atoms with Crippen LogP contribution in [0.1, 0.15) is 95.0 Å². The molecule has 0 spiro atoms. The van der Waals surface area contributed by atoms with Crippen LogP contribution in [0, 0.1) is 5.82 Å². The zero-order chi connectivity index (χ0) is 31.2. The highest BCUT2D eigenvalue weighted by molar-refractivity contribution is 6.30. The van der Waals surface area contributed by atoms with E-state index in [1.54, 1.807) is 16.7 Å². The summed E-state index contributed by atoms with van der Waals surface area (Å²) >= 11 is 6.07. The van der Waals surface area contributed by atoms with Crippen molar-refractivity contribution in [1.29, 1.82) is 0 Å². The normalized spacial score (nSPS) is 16.5. The fraction of sp³-hybridized carbons (Fsp3) is 0.543. The molecule has 1 saturated heterocycles. The number of unbranched alkanes of at least 4 members (excludes halogenated alkanes) is 9. The first-order valence-electron chi connectivity index (χ1n) is 16.8. The summed E-state index contributed by atoms with van der Waals surface area (Å²) < 4.78 is 25.2. The number of ether oxygens (including phenoxy) is 1. The number of anilines is 1. The lowest BCUT2D eigenvalue weighted by Gasteiger charge is -2.33. The van der Waals surface area contributed by atoms with Crippen LogP contribution >= 0.6 is 11.6 Å². The number of aryl methyl sites for hydroxylation is 2. The van der Waals surface area contributed by atoms with Crippen molar-refractivity contribution in [3.8, 4) is 11.3 Å². The number of pyridine rings is 1. The number of benzene rings is 1. The number of morpholine rings is 1. The molecule has 4 aromatic rings. The zero-order valence-corrected chi connectivity index (χ0v) is 27.1. The molecule has 0 aliphatic carbocycles. The van der Waals surface area contributed by atoms with Gasteiger partial charge in [0.2, 0.25) is 0 Å². The standard InChI is InChI=1S/C35H44ClFN6O2/c1-2-3-4-5-6-7-8-9-10-11-16-42-23-25(22-38-42)30-24-41(18-19-45-30)32-21-28-34(39-31-13-12-17-43(31)35(28)44)33(40-32)27-15-14-26(36)20-29(27)37/h14-15,20-23,30H,2-13,16-19,24H2,1H3/t30-/m1/s1. The van der Waals surface area contributed by atoms with E-state index in [-0.39, 0.29) is 17.2 Å². The van der Waals surface area contributed by atoms with Gasteiger partial charge in [0.1, 0.15) is 34.8 Å². The first-order valence-corrected chi connectivity index (χ1v) is 17.2. The summed E-state index contributed by atoms with van der Waals surface area (Å²) in [5.74, 6) is 0.833. The molecule has 240 valence electrons. The lowest BCUT2D eigenvalue weighted by molar-refractivity contribution is 0.0395. The van der Waals surface area contributed by atoms with Gasteiger partial charge in [-0.15, -0.1) is 0 Å². The van der Waals surface area contributed by atoms with Crippen molar-refractivity contribution in [2.45, 2.75) is 103 Å². The molecule has 0 radical (unpaired) electrons. The number of fused-ring (bicyclic) bond motifs is 2. The molecule has 0 N–H and O–H groups in total. The van der Waals surface area contributed by atoms with Crippen LogP contribution in [-0.2, 0) is 24.2 Å². The highest BCUT2D eigenvalue weighted by Crippen LogP contribution is 2.33. The van der Waals surface area contributed by atoms with Gasteiger partial charge in [0, 0.05) is 54.9 Å². The molecule has 6 rings (SSSR count). The molecule has 5 heterocycles. The van der Waals surface area contributed by atoms with Crippen molar-refractivity contribution in [2.24, 2.45) is 0 Å². The largest absolute Gasteiger partial charge is 0.370 e. The quantitative estimate of drug-likeness (QED) is 0.131. The topological polar surface area (TPSA) is 78.1 Å². The lowest BCUT2D eigenvalue weighted by Crippen LogP contribution is -2.39. The Bertz CT molecular complexity index is 1670. The SMILES string of the molecule is CCCCCCCCCCCCn1cc([C@H]2CN(c3cc4c(=O)n5c(nc4c(-c4ccc(Cl)cc4F)n3)CCC5)CCO2)cn1. The van der Waals surface area contributed by atoms with E-state index in [2.05, 4.69) is 23.1 Å². The van der Waals surface area contributed by atoms with Crippen molar-refractivity contribution < 1.29 is 9.13 Å². The third-order valence-corrected chi connectivity index (χ3v) is 9.37. The predicted molar refractivity (Wildman–Crippen MR) is 177 cm³/mol. The molecule has 0 unspecified atom stereocenters. The van der Waals surface area contributed by atoms with Crippen LogP contribution in [0.25, 0.3) is 22.2 Å². The molecular weight excluding hydrogens is 591 g/mol. The average Bonchev–Trinajstić information content (AvgIpc) is 3.72. The third kappa shape index (κ3) is 7.41. The molecule has 2 aliphatic heterocycles. The lowest BCUT2D eigenvalue weighted by atomic mass is 10.1. The first kappa shape index (κ1) is 31.7. The molecule has 0 saturated carbocycles. The van der Waals surface area contributed by atoms with Crippen molar-refractivity contribution >= 4 is 28.3 Å². The summed E-state index contributed by atoms with van der Waals surface area (Å²) in [7, 11) is 0.